The quantitative estimate of drug-likeness (QED) is 0.270. The van der Waals surface area contributed by atoms with Gasteiger partial charge < -0.3 is 20.4 Å². The lowest BCUT2D eigenvalue weighted by atomic mass is 10.2. The molecule has 39 heavy (non-hydrogen) atoms. The average Bonchev–Trinajstić information content (AvgIpc) is 3.71. The normalized spacial score (nSPS) is 11.1. The monoisotopic (exact) mass is 521 g/mol. The third kappa shape index (κ3) is 5.03. The Hall–Kier alpha value is -5.52. The molecular formula is C27H23N9O3. The SMILES string of the molecule is Nc1nonc1-c1nc2cnc(Oc3cccc(C(=O)NCCCn4ccnc4)c3)cc2n1-c1ccccc1. The van der Waals surface area contributed by atoms with E-state index in [4.69, 9.17) is 15.1 Å². The predicted molar refractivity (Wildman–Crippen MR) is 142 cm³/mol. The first-order valence-electron chi connectivity index (χ1n) is 12.2. The zero-order valence-corrected chi connectivity index (χ0v) is 20.6. The molecule has 194 valence electrons. The third-order valence-electron chi connectivity index (χ3n) is 6.01. The van der Waals surface area contributed by atoms with Gasteiger partial charge in [0, 0.05) is 42.8 Å². The van der Waals surface area contributed by atoms with Crippen LogP contribution in [0.4, 0.5) is 5.82 Å². The number of carbonyl (C=O) groups is 1. The summed E-state index contributed by atoms with van der Waals surface area (Å²) in [6, 6.07) is 18.4. The van der Waals surface area contributed by atoms with Crippen LogP contribution >= 0.6 is 0 Å². The summed E-state index contributed by atoms with van der Waals surface area (Å²) in [5.74, 6) is 1.21. The molecule has 3 N–H and O–H groups in total. The number of aryl methyl sites for hydroxylation is 1. The Labute approximate surface area is 222 Å². The molecule has 0 fully saturated rings. The maximum atomic E-state index is 12.7. The number of benzene rings is 2. The van der Waals surface area contributed by atoms with E-state index in [2.05, 4.69) is 30.6 Å². The minimum Gasteiger partial charge on any atom is -0.439 e. The lowest BCUT2D eigenvalue weighted by molar-refractivity contribution is 0.0952. The highest BCUT2D eigenvalue weighted by Crippen LogP contribution is 2.32. The van der Waals surface area contributed by atoms with Crippen LogP contribution in [-0.2, 0) is 6.54 Å². The summed E-state index contributed by atoms with van der Waals surface area (Å²) >= 11 is 0. The van der Waals surface area contributed by atoms with Crippen LogP contribution in [0.3, 0.4) is 0 Å². The first-order valence-corrected chi connectivity index (χ1v) is 12.2. The molecule has 0 aliphatic rings. The molecule has 0 saturated carbocycles. The molecule has 0 aliphatic heterocycles. The van der Waals surface area contributed by atoms with Crippen LogP contribution in [0.15, 0.2) is 90.2 Å². The molecular weight excluding hydrogens is 498 g/mol. The van der Waals surface area contributed by atoms with Crippen LogP contribution in [0.25, 0.3) is 28.2 Å². The Kier molecular flexibility index (Phi) is 6.40. The van der Waals surface area contributed by atoms with Crippen molar-refractivity contribution >= 4 is 22.8 Å². The number of carbonyl (C=O) groups excluding carboxylic acids is 1. The first kappa shape index (κ1) is 23.9. The number of aromatic nitrogens is 7. The molecule has 1 amide bonds. The summed E-state index contributed by atoms with van der Waals surface area (Å²) in [6.07, 6.45) is 7.77. The predicted octanol–water partition coefficient (Wildman–Crippen LogP) is 3.86. The maximum absolute atomic E-state index is 12.7. The zero-order valence-electron chi connectivity index (χ0n) is 20.6. The molecule has 2 aromatic carbocycles. The molecule has 12 heteroatoms. The molecule has 0 spiro atoms. The number of ether oxygens (including phenoxy) is 1. The molecule has 0 unspecified atom stereocenters. The van der Waals surface area contributed by atoms with E-state index in [1.165, 1.54) is 0 Å². The average molecular weight is 522 g/mol. The number of hydrogen-bond donors (Lipinski definition) is 2. The number of imidazole rings is 2. The van der Waals surface area contributed by atoms with E-state index < -0.39 is 0 Å². The van der Waals surface area contributed by atoms with Crippen molar-refractivity contribution in [3.05, 3.63) is 91.1 Å². The number of nitrogen functional groups attached to an aromatic ring is 1. The van der Waals surface area contributed by atoms with Gasteiger partial charge in [0.1, 0.15) is 11.3 Å². The van der Waals surface area contributed by atoms with E-state index in [1.807, 2.05) is 45.7 Å². The molecule has 6 rings (SSSR count). The van der Waals surface area contributed by atoms with Crippen molar-refractivity contribution in [2.24, 2.45) is 0 Å². The van der Waals surface area contributed by atoms with Crippen molar-refractivity contribution in [1.29, 1.82) is 0 Å². The molecule has 4 aromatic heterocycles. The van der Waals surface area contributed by atoms with Gasteiger partial charge in [-0.2, -0.15) is 0 Å². The van der Waals surface area contributed by atoms with E-state index in [1.54, 1.807) is 49.1 Å². The van der Waals surface area contributed by atoms with Crippen molar-refractivity contribution in [2.75, 3.05) is 12.3 Å². The number of hydrogen-bond acceptors (Lipinski definition) is 9. The number of anilines is 1. The topological polar surface area (TPSA) is 152 Å². The second kappa shape index (κ2) is 10.5. The van der Waals surface area contributed by atoms with Gasteiger partial charge in [0.15, 0.2) is 17.3 Å². The number of amides is 1. The van der Waals surface area contributed by atoms with Crippen molar-refractivity contribution < 1.29 is 14.2 Å². The summed E-state index contributed by atoms with van der Waals surface area (Å²) in [6.45, 7) is 1.32. The highest BCUT2D eigenvalue weighted by molar-refractivity contribution is 5.94. The Morgan fingerprint density at radius 2 is 1.97 bits per heavy atom. The van der Waals surface area contributed by atoms with E-state index in [-0.39, 0.29) is 11.7 Å². The van der Waals surface area contributed by atoms with E-state index in [0.29, 0.717) is 40.8 Å². The van der Waals surface area contributed by atoms with Crippen LogP contribution in [0.1, 0.15) is 16.8 Å². The zero-order chi connectivity index (χ0) is 26.6. The number of nitrogens with one attached hydrogen (secondary N) is 1. The molecule has 0 atom stereocenters. The summed E-state index contributed by atoms with van der Waals surface area (Å²) in [5, 5.41) is 10.6. The molecule has 0 radical (unpaired) electrons. The molecule has 12 nitrogen and oxygen atoms in total. The second-order valence-corrected chi connectivity index (χ2v) is 8.66. The molecule has 4 heterocycles. The highest BCUT2D eigenvalue weighted by atomic mass is 16.6. The van der Waals surface area contributed by atoms with Gasteiger partial charge in [-0.25, -0.2) is 19.6 Å². The molecule has 0 saturated heterocycles. The van der Waals surface area contributed by atoms with Crippen LogP contribution in [0.2, 0.25) is 0 Å². The van der Waals surface area contributed by atoms with Gasteiger partial charge in [0.25, 0.3) is 5.91 Å². The molecule has 0 aliphatic carbocycles. The van der Waals surface area contributed by atoms with Gasteiger partial charge in [-0.05, 0) is 47.1 Å². The van der Waals surface area contributed by atoms with E-state index in [0.717, 1.165) is 24.2 Å². The van der Waals surface area contributed by atoms with Crippen molar-refractivity contribution in [3.8, 4) is 28.8 Å². The van der Waals surface area contributed by atoms with Gasteiger partial charge in [-0.15, -0.1) is 0 Å². The molecule has 6 aromatic rings. The first-order chi connectivity index (χ1) is 19.2. The van der Waals surface area contributed by atoms with Crippen molar-refractivity contribution in [2.45, 2.75) is 13.0 Å². The van der Waals surface area contributed by atoms with Crippen molar-refractivity contribution in [1.82, 2.24) is 39.7 Å². The number of nitrogens with zero attached hydrogens (tertiary/aromatic N) is 7. The standard InChI is InChI=1S/C27H23N9O3/c28-25-24(33-39-34-25)26-32-21-16-31-23(15-22(21)36(26)19-7-2-1-3-8-19)38-20-9-4-6-18(14-20)27(37)30-10-5-12-35-13-11-29-17-35/h1-4,6-9,11,13-17H,5,10,12H2,(H2,28,34)(H,30,37). The summed E-state index contributed by atoms with van der Waals surface area (Å²) in [5.41, 5.74) is 8.94. The Balaban J connectivity index is 1.24. The fourth-order valence-electron chi connectivity index (χ4n) is 4.17. The number of nitrogens with two attached hydrogens (primary N) is 1. The second-order valence-electron chi connectivity index (χ2n) is 8.66. The van der Waals surface area contributed by atoms with Crippen LogP contribution < -0.4 is 15.8 Å². The number of rotatable bonds is 9. The maximum Gasteiger partial charge on any atom is 0.251 e. The Morgan fingerprint density at radius 3 is 2.77 bits per heavy atom. The van der Waals surface area contributed by atoms with Gasteiger partial charge in [0.2, 0.25) is 5.88 Å². The van der Waals surface area contributed by atoms with E-state index in [9.17, 15) is 4.79 Å². The highest BCUT2D eigenvalue weighted by Gasteiger charge is 2.21. The minimum atomic E-state index is -0.180. The van der Waals surface area contributed by atoms with Gasteiger partial charge in [0.05, 0.1) is 18.0 Å². The van der Waals surface area contributed by atoms with Gasteiger partial charge in [-0.1, -0.05) is 24.3 Å². The fourth-order valence-corrected chi connectivity index (χ4v) is 4.17. The lowest BCUT2D eigenvalue weighted by Crippen LogP contribution is -2.25. The van der Waals surface area contributed by atoms with Crippen LogP contribution in [0.5, 0.6) is 11.6 Å². The summed E-state index contributed by atoms with van der Waals surface area (Å²) in [4.78, 5) is 25.8. The smallest absolute Gasteiger partial charge is 0.251 e. The minimum absolute atomic E-state index is 0.128. The number of pyridine rings is 1. The van der Waals surface area contributed by atoms with Crippen LogP contribution in [0, 0.1) is 0 Å². The lowest BCUT2D eigenvalue weighted by Gasteiger charge is -2.10. The summed E-state index contributed by atoms with van der Waals surface area (Å²) in [7, 11) is 0. The largest absolute Gasteiger partial charge is 0.439 e. The van der Waals surface area contributed by atoms with Gasteiger partial charge in [-0.3, -0.25) is 9.36 Å². The van der Waals surface area contributed by atoms with E-state index >= 15 is 0 Å². The van der Waals surface area contributed by atoms with Crippen molar-refractivity contribution in [3.63, 3.8) is 0 Å². The number of fused-ring (bicyclic) bond motifs is 1. The fraction of sp³-hybridized carbons (Fsp3) is 0.111. The summed E-state index contributed by atoms with van der Waals surface area (Å²) < 4.78 is 14.7. The van der Waals surface area contributed by atoms with Crippen LogP contribution in [-0.4, -0.2) is 46.9 Å². The third-order valence-corrected chi connectivity index (χ3v) is 6.01. The number of para-hydroxylation sites is 1. The molecule has 0 bridgehead atoms. The Morgan fingerprint density at radius 1 is 1.08 bits per heavy atom. The van der Waals surface area contributed by atoms with Gasteiger partial charge >= 0.3 is 0 Å². The Bertz CT molecular complexity index is 1730.